The number of benzene rings is 3. The van der Waals surface area contributed by atoms with Crippen LogP contribution in [0.5, 0.6) is 5.75 Å². The van der Waals surface area contributed by atoms with E-state index in [1.54, 1.807) is 24.0 Å². The van der Waals surface area contributed by atoms with Crippen molar-refractivity contribution in [3.8, 4) is 16.9 Å². The summed E-state index contributed by atoms with van der Waals surface area (Å²) in [6, 6.07) is 21.9. The summed E-state index contributed by atoms with van der Waals surface area (Å²) in [4.78, 5) is 30.7. The van der Waals surface area contributed by atoms with E-state index in [1.807, 2.05) is 104 Å². The van der Waals surface area contributed by atoms with Crippen LogP contribution in [0.2, 0.25) is 0 Å². The van der Waals surface area contributed by atoms with E-state index in [-0.39, 0.29) is 18.9 Å². The molecule has 0 aromatic heterocycles. The molecule has 40 heavy (non-hydrogen) atoms. The van der Waals surface area contributed by atoms with E-state index < -0.39 is 17.9 Å². The Kier molecular flexibility index (Phi) is 11.6. The van der Waals surface area contributed by atoms with Gasteiger partial charge in [-0.05, 0) is 83.5 Å². The summed E-state index contributed by atoms with van der Waals surface area (Å²) >= 11 is 1.55. The van der Waals surface area contributed by atoms with Crippen LogP contribution in [0.4, 0.5) is 0 Å². The third-order valence-corrected chi connectivity index (χ3v) is 6.76. The maximum Gasteiger partial charge on any atom is 0.326 e. The molecule has 4 rings (SSSR count). The molecule has 0 saturated carbocycles. The van der Waals surface area contributed by atoms with E-state index in [4.69, 9.17) is 4.84 Å². The molecule has 0 unspecified atom stereocenters. The van der Waals surface area contributed by atoms with Gasteiger partial charge in [0.05, 0.1) is 6.20 Å². The molecule has 1 heterocycles. The minimum atomic E-state index is -1.04. The molecular weight excluding hydrogens is 517 g/mol. The molecule has 1 radical (unpaired) electrons. The van der Waals surface area contributed by atoms with Crippen molar-refractivity contribution in [3.05, 3.63) is 120 Å². The number of aryl methyl sites for hydroxylation is 1. The van der Waals surface area contributed by atoms with E-state index >= 15 is 0 Å². The molecule has 1 aliphatic heterocycles. The van der Waals surface area contributed by atoms with Crippen LogP contribution in [-0.2, 0) is 4.79 Å². The van der Waals surface area contributed by atoms with E-state index in [0.29, 0.717) is 23.5 Å². The van der Waals surface area contributed by atoms with Crippen molar-refractivity contribution >= 4 is 48.6 Å². The molecule has 0 aliphatic carbocycles. The summed E-state index contributed by atoms with van der Waals surface area (Å²) in [7, 11) is 0. The third kappa shape index (κ3) is 8.33. The zero-order valence-corrected chi connectivity index (χ0v) is 23.7. The van der Waals surface area contributed by atoms with E-state index in [2.05, 4.69) is 10.7 Å². The Hall–Kier alpha value is -3.83. The molecule has 9 heteroatoms. The van der Waals surface area contributed by atoms with E-state index in [9.17, 15) is 14.7 Å². The number of allylic oxidation sites excluding steroid dienone is 3. The van der Waals surface area contributed by atoms with E-state index in [1.165, 1.54) is 5.17 Å². The van der Waals surface area contributed by atoms with Crippen molar-refractivity contribution in [2.45, 2.75) is 19.4 Å². The van der Waals surface area contributed by atoms with Gasteiger partial charge in [-0.3, -0.25) is 10.2 Å². The van der Waals surface area contributed by atoms with Crippen molar-refractivity contribution < 1.29 is 19.5 Å². The number of thioether (sulfide) groups is 1. The maximum atomic E-state index is 13.3. The van der Waals surface area contributed by atoms with Gasteiger partial charge < -0.3 is 15.3 Å². The van der Waals surface area contributed by atoms with Gasteiger partial charge in [0.15, 0.2) is 5.75 Å². The average molecular weight is 549 g/mol. The van der Waals surface area contributed by atoms with Gasteiger partial charge in [0, 0.05) is 30.6 Å². The number of hydroxylamine groups is 1. The van der Waals surface area contributed by atoms with Crippen molar-refractivity contribution in [1.82, 2.24) is 15.9 Å². The van der Waals surface area contributed by atoms with Crippen LogP contribution < -0.4 is 15.6 Å². The fourth-order valence-electron chi connectivity index (χ4n) is 4.02. The summed E-state index contributed by atoms with van der Waals surface area (Å²) in [5.74, 6) is -0.0858. The number of carboxylic acid groups (broad SMARTS) is 1. The van der Waals surface area contributed by atoms with Gasteiger partial charge in [0.2, 0.25) is 0 Å². The molecular formula is C31H31LiN3O4S. The van der Waals surface area contributed by atoms with Crippen molar-refractivity contribution in [2.75, 3.05) is 12.0 Å². The second kappa shape index (κ2) is 15.1. The monoisotopic (exact) mass is 548 g/mol. The molecule has 0 saturated heterocycles. The Morgan fingerprint density at radius 1 is 1.05 bits per heavy atom. The summed E-state index contributed by atoms with van der Waals surface area (Å²) in [5.41, 5.74) is 8.02. The summed E-state index contributed by atoms with van der Waals surface area (Å²) in [5, 5.41) is 13.8. The Morgan fingerprint density at radius 2 is 1.80 bits per heavy atom. The number of para-hydroxylation sites is 1. The number of nitrogens with zero attached hydrogens (tertiary/aromatic N) is 1. The zero-order valence-electron chi connectivity index (χ0n) is 22.8. The molecule has 1 aliphatic rings. The first kappa shape index (κ1) is 30.7. The molecule has 0 bridgehead atoms. The summed E-state index contributed by atoms with van der Waals surface area (Å²) in [6.45, 7) is 1.99. The number of carbonyl (C=O) groups is 2. The Labute approximate surface area is 251 Å². The number of amides is 1. The molecule has 0 spiro atoms. The van der Waals surface area contributed by atoms with Gasteiger partial charge in [0.1, 0.15) is 6.04 Å². The third-order valence-electron chi connectivity index (χ3n) is 6.11. The van der Waals surface area contributed by atoms with Crippen LogP contribution in [0, 0.1) is 6.92 Å². The number of carbonyl (C=O) groups excluding carboxylic acids is 1. The predicted octanol–water partition coefficient (Wildman–Crippen LogP) is 5.44. The zero-order chi connectivity index (χ0) is 27.6. The van der Waals surface area contributed by atoms with Gasteiger partial charge in [-0.15, -0.1) is 5.17 Å². The van der Waals surface area contributed by atoms with Gasteiger partial charge in [0.25, 0.3) is 5.91 Å². The minimum absolute atomic E-state index is 0. The molecule has 1 amide bonds. The fourth-order valence-corrected chi connectivity index (χ4v) is 4.49. The molecule has 3 N–H and O–H groups in total. The first-order valence-electron chi connectivity index (χ1n) is 12.5. The number of aliphatic carboxylic acids is 1. The molecule has 3 aromatic rings. The number of rotatable bonds is 11. The first-order valence-corrected chi connectivity index (χ1v) is 13.9. The molecule has 0 fully saturated rings. The van der Waals surface area contributed by atoms with Crippen molar-refractivity contribution in [2.24, 2.45) is 0 Å². The minimum Gasteiger partial charge on any atom is -0.480 e. The molecule has 3 aromatic carbocycles. The van der Waals surface area contributed by atoms with Crippen molar-refractivity contribution in [1.29, 1.82) is 0 Å². The van der Waals surface area contributed by atoms with Crippen LogP contribution in [0.3, 0.4) is 0 Å². The number of hydrogen-bond donors (Lipinski definition) is 3. The Bertz CT molecular complexity index is 1410. The topological polar surface area (TPSA) is 90.9 Å². The van der Waals surface area contributed by atoms with Gasteiger partial charge in [-0.2, -0.15) is 11.8 Å². The molecule has 7 nitrogen and oxygen atoms in total. The SMILES string of the molecule is CSCC[C@H](NC(=O)c1ccc(C=CC2=CNN(Oc3ccccc3)C=C2)cc1-c1ccccc1C)C(=O)O.[Li]. The fraction of sp³-hybridized carbons (Fsp3) is 0.161. The quantitative estimate of drug-likeness (QED) is 0.275. The van der Waals surface area contributed by atoms with Crippen LogP contribution in [0.1, 0.15) is 27.9 Å². The standard InChI is InChI=1S/C31H31N3O4S.Li/c1-22-8-6-7-11-26(22)28-20-23(14-15-27(28)30(35)33-29(31(36)37)17-19-39-2)12-13-24-16-18-34(32-21-24)38-25-9-4-3-5-10-25;/h3-16,18,20-21,29,32H,17,19H2,1-2H3,(H,33,35)(H,36,37);/t29-;/m0./s1. The second-order valence-corrected chi connectivity index (χ2v) is 9.90. The van der Waals surface area contributed by atoms with E-state index in [0.717, 1.165) is 27.8 Å². The van der Waals surface area contributed by atoms with Gasteiger partial charge >= 0.3 is 5.97 Å². The van der Waals surface area contributed by atoms with Crippen LogP contribution in [0.25, 0.3) is 17.2 Å². The second-order valence-electron chi connectivity index (χ2n) is 8.92. The molecule has 1 atom stereocenters. The van der Waals surface area contributed by atoms with Crippen LogP contribution in [0.15, 0.2) is 103 Å². The number of hydrogen-bond acceptors (Lipinski definition) is 6. The number of carboxylic acids is 1. The summed E-state index contributed by atoms with van der Waals surface area (Å²) < 4.78 is 0. The van der Waals surface area contributed by atoms with Crippen molar-refractivity contribution in [3.63, 3.8) is 0 Å². The predicted molar refractivity (Wildman–Crippen MR) is 163 cm³/mol. The number of nitrogens with one attached hydrogen (secondary N) is 2. The number of hydrazine groups is 1. The largest absolute Gasteiger partial charge is 0.480 e. The molecule has 201 valence electrons. The first-order chi connectivity index (χ1) is 18.9. The average Bonchev–Trinajstić information content (AvgIpc) is 2.95. The Balaban J connectivity index is 0.00000441. The van der Waals surface area contributed by atoms with Gasteiger partial charge in [-0.25, -0.2) is 4.79 Å². The smallest absolute Gasteiger partial charge is 0.326 e. The van der Waals surface area contributed by atoms with Crippen LogP contribution in [-0.4, -0.2) is 59.1 Å². The Morgan fingerprint density at radius 3 is 2.48 bits per heavy atom. The summed E-state index contributed by atoms with van der Waals surface area (Å²) in [6.07, 6.45) is 11.7. The van der Waals surface area contributed by atoms with Gasteiger partial charge in [-0.1, -0.05) is 60.7 Å². The maximum absolute atomic E-state index is 13.3. The normalized spacial score (nSPS) is 13.2. The van der Waals surface area contributed by atoms with Crippen LogP contribution >= 0.6 is 11.8 Å².